The van der Waals surface area contributed by atoms with E-state index in [-0.39, 0.29) is 11.5 Å². The van der Waals surface area contributed by atoms with Gasteiger partial charge in [-0.15, -0.1) is 0 Å². The number of anilines is 1. The number of halogens is 1. The van der Waals surface area contributed by atoms with Crippen LogP contribution in [0.5, 0.6) is 11.5 Å². The van der Waals surface area contributed by atoms with Gasteiger partial charge in [-0.3, -0.25) is 0 Å². The van der Waals surface area contributed by atoms with Crippen molar-refractivity contribution < 1.29 is 14.3 Å². The van der Waals surface area contributed by atoms with Crippen molar-refractivity contribution in [2.75, 3.05) is 31.1 Å². The molecule has 8 heteroatoms. The zero-order chi connectivity index (χ0) is 22.2. The van der Waals surface area contributed by atoms with Gasteiger partial charge in [-0.25, -0.2) is 14.8 Å². The number of carbonyl (C=O) groups excluding carboxylic acids is 1. The smallest absolute Gasteiger partial charge is 0.410 e. The van der Waals surface area contributed by atoms with Crippen LogP contribution in [0.4, 0.5) is 10.6 Å². The molecule has 2 saturated heterocycles. The van der Waals surface area contributed by atoms with Gasteiger partial charge in [-0.2, -0.15) is 0 Å². The third-order valence-electron chi connectivity index (χ3n) is 5.79. The number of aryl methyl sites for hydroxylation is 1. The van der Waals surface area contributed by atoms with Crippen LogP contribution in [0.1, 0.15) is 39.2 Å². The maximum absolute atomic E-state index is 12.5. The average Bonchev–Trinajstić information content (AvgIpc) is 3.30. The molecule has 2 aliphatic heterocycles. The molecule has 2 aromatic rings. The van der Waals surface area contributed by atoms with Gasteiger partial charge in [0.1, 0.15) is 17.7 Å². The molecule has 1 aromatic carbocycles. The highest BCUT2D eigenvalue weighted by Gasteiger charge is 2.46. The lowest BCUT2D eigenvalue weighted by molar-refractivity contribution is 0.0276. The predicted molar refractivity (Wildman–Crippen MR) is 120 cm³/mol. The lowest BCUT2D eigenvalue weighted by atomic mass is 9.86. The van der Waals surface area contributed by atoms with Crippen LogP contribution in [-0.4, -0.2) is 52.7 Å². The van der Waals surface area contributed by atoms with E-state index in [9.17, 15) is 4.79 Å². The molecule has 166 valence electrons. The third-order valence-corrected chi connectivity index (χ3v) is 6.09. The van der Waals surface area contributed by atoms with Gasteiger partial charge in [0.05, 0.1) is 11.2 Å². The Morgan fingerprint density at radius 3 is 2.68 bits per heavy atom. The average molecular weight is 445 g/mol. The van der Waals surface area contributed by atoms with Crippen molar-refractivity contribution in [3.63, 3.8) is 0 Å². The summed E-state index contributed by atoms with van der Waals surface area (Å²) in [5.41, 5.74) is 0.624. The minimum absolute atomic E-state index is 0.0423. The lowest BCUT2D eigenvalue weighted by Gasteiger charge is -2.27. The molecule has 1 spiro atoms. The van der Waals surface area contributed by atoms with Crippen molar-refractivity contribution >= 4 is 23.5 Å². The Morgan fingerprint density at radius 1 is 1.16 bits per heavy atom. The number of hydrogen-bond donors (Lipinski definition) is 0. The van der Waals surface area contributed by atoms with Crippen LogP contribution in [0.15, 0.2) is 30.7 Å². The van der Waals surface area contributed by atoms with Gasteiger partial charge in [0.2, 0.25) is 0 Å². The minimum Gasteiger partial charge on any atom is -0.450 e. The molecule has 1 atom stereocenters. The monoisotopic (exact) mass is 444 g/mol. The van der Waals surface area contributed by atoms with Crippen molar-refractivity contribution in [1.29, 1.82) is 0 Å². The Kier molecular flexibility index (Phi) is 5.73. The highest BCUT2D eigenvalue weighted by molar-refractivity contribution is 6.32. The fraction of sp³-hybridized carbons (Fsp3) is 0.522. The summed E-state index contributed by atoms with van der Waals surface area (Å²) in [7, 11) is 0. The fourth-order valence-electron chi connectivity index (χ4n) is 4.29. The summed E-state index contributed by atoms with van der Waals surface area (Å²) in [6, 6.07) is 5.68. The summed E-state index contributed by atoms with van der Waals surface area (Å²) < 4.78 is 11.7. The van der Waals surface area contributed by atoms with Crippen molar-refractivity contribution in [1.82, 2.24) is 14.9 Å². The molecule has 4 rings (SSSR count). The number of aromatic nitrogens is 2. The Hall–Kier alpha value is -2.54. The molecule has 0 bridgehead atoms. The quantitative estimate of drug-likeness (QED) is 0.658. The molecule has 3 heterocycles. The number of nitrogens with zero attached hydrogens (tertiary/aromatic N) is 4. The normalized spacial score (nSPS) is 21.1. The van der Waals surface area contributed by atoms with Crippen LogP contribution in [0, 0.1) is 12.3 Å². The summed E-state index contributed by atoms with van der Waals surface area (Å²) in [6.07, 6.45) is 4.91. The van der Waals surface area contributed by atoms with Gasteiger partial charge in [0.15, 0.2) is 11.6 Å². The van der Waals surface area contributed by atoms with E-state index in [0.717, 1.165) is 43.9 Å². The molecule has 2 fully saturated rings. The molecule has 7 nitrogen and oxygen atoms in total. The number of rotatable bonds is 3. The molecule has 0 aliphatic carbocycles. The molecule has 1 unspecified atom stereocenters. The highest BCUT2D eigenvalue weighted by Crippen LogP contribution is 2.43. The zero-order valence-corrected chi connectivity index (χ0v) is 19.3. The minimum atomic E-state index is -0.487. The predicted octanol–water partition coefficient (Wildman–Crippen LogP) is 5.07. The van der Waals surface area contributed by atoms with Gasteiger partial charge >= 0.3 is 6.09 Å². The van der Waals surface area contributed by atoms with Crippen molar-refractivity contribution in [3.8, 4) is 11.5 Å². The van der Waals surface area contributed by atoms with E-state index in [1.54, 1.807) is 6.20 Å². The molecule has 2 aliphatic rings. The van der Waals surface area contributed by atoms with Gasteiger partial charge in [0, 0.05) is 31.6 Å². The first kappa shape index (κ1) is 21.7. The first-order valence-corrected chi connectivity index (χ1v) is 11.0. The van der Waals surface area contributed by atoms with Crippen LogP contribution in [0.2, 0.25) is 5.02 Å². The maximum atomic E-state index is 12.5. The SMILES string of the molecule is Cc1ccc(Oc2cncnc2N2CCC3(CCN(C(=O)OC(C)(C)C)C3)C2)c(Cl)c1. The Labute approximate surface area is 188 Å². The Morgan fingerprint density at radius 2 is 1.94 bits per heavy atom. The standard InChI is InChI=1S/C23H29ClN4O3/c1-16-5-6-18(17(24)11-16)30-19-12-25-15-26-20(19)27-9-7-23(13-27)8-10-28(14-23)21(29)31-22(2,3)4/h5-6,11-12,15H,7-10,13-14H2,1-4H3. The van der Waals surface area contributed by atoms with E-state index in [0.29, 0.717) is 23.1 Å². The molecule has 1 amide bonds. The van der Waals surface area contributed by atoms with Crippen molar-refractivity contribution in [2.45, 2.75) is 46.1 Å². The molecule has 0 saturated carbocycles. The molecule has 31 heavy (non-hydrogen) atoms. The van der Waals surface area contributed by atoms with E-state index in [2.05, 4.69) is 14.9 Å². The van der Waals surface area contributed by atoms with Gasteiger partial charge < -0.3 is 19.3 Å². The summed E-state index contributed by atoms with van der Waals surface area (Å²) in [5, 5.41) is 0.552. The lowest BCUT2D eigenvalue weighted by Crippen LogP contribution is -2.37. The number of hydrogen-bond acceptors (Lipinski definition) is 6. The largest absolute Gasteiger partial charge is 0.450 e. The second-order valence-corrected chi connectivity index (χ2v) is 9.98. The topological polar surface area (TPSA) is 67.8 Å². The van der Waals surface area contributed by atoms with Gasteiger partial charge in [-0.1, -0.05) is 17.7 Å². The molecular weight excluding hydrogens is 416 g/mol. The summed E-state index contributed by atoms with van der Waals surface area (Å²) in [4.78, 5) is 25.2. The number of likely N-dealkylation sites (tertiary alicyclic amines) is 1. The van der Waals surface area contributed by atoms with E-state index >= 15 is 0 Å². The number of benzene rings is 1. The summed E-state index contributed by atoms with van der Waals surface area (Å²) in [5.74, 6) is 1.90. The first-order valence-electron chi connectivity index (χ1n) is 10.6. The first-order chi connectivity index (χ1) is 14.6. The summed E-state index contributed by atoms with van der Waals surface area (Å²) in [6.45, 7) is 10.7. The highest BCUT2D eigenvalue weighted by atomic mass is 35.5. The maximum Gasteiger partial charge on any atom is 0.410 e. The second-order valence-electron chi connectivity index (χ2n) is 9.57. The molecule has 1 aromatic heterocycles. The van der Waals surface area contributed by atoms with Crippen LogP contribution >= 0.6 is 11.6 Å². The Bertz CT molecular complexity index is 978. The fourth-order valence-corrected chi connectivity index (χ4v) is 4.57. The summed E-state index contributed by atoms with van der Waals surface area (Å²) >= 11 is 6.35. The van der Waals surface area contributed by atoms with E-state index < -0.39 is 5.60 Å². The van der Waals surface area contributed by atoms with Crippen LogP contribution in [0.3, 0.4) is 0 Å². The van der Waals surface area contributed by atoms with Crippen LogP contribution in [-0.2, 0) is 4.74 Å². The number of ether oxygens (including phenoxy) is 2. The molecule has 0 radical (unpaired) electrons. The Balaban J connectivity index is 1.47. The van der Waals surface area contributed by atoms with Crippen molar-refractivity contribution in [3.05, 3.63) is 41.3 Å². The number of amides is 1. The van der Waals surface area contributed by atoms with E-state index in [4.69, 9.17) is 21.1 Å². The molecule has 0 N–H and O–H groups in total. The van der Waals surface area contributed by atoms with Gasteiger partial charge in [-0.05, 0) is 58.2 Å². The molecular formula is C23H29ClN4O3. The van der Waals surface area contributed by atoms with Crippen LogP contribution < -0.4 is 9.64 Å². The number of carbonyl (C=O) groups is 1. The third kappa shape index (κ3) is 4.87. The van der Waals surface area contributed by atoms with Crippen LogP contribution in [0.25, 0.3) is 0 Å². The second kappa shape index (κ2) is 8.19. The van der Waals surface area contributed by atoms with Gasteiger partial charge in [0.25, 0.3) is 0 Å². The zero-order valence-electron chi connectivity index (χ0n) is 18.5. The van der Waals surface area contributed by atoms with E-state index in [1.165, 1.54) is 6.33 Å². The van der Waals surface area contributed by atoms with E-state index in [1.807, 2.05) is 50.8 Å². The van der Waals surface area contributed by atoms with Crippen molar-refractivity contribution in [2.24, 2.45) is 5.41 Å².